The molecule has 0 saturated carbocycles. The van der Waals surface area contributed by atoms with E-state index in [0.29, 0.717) is 0 Å². The van der Waals surface area contributed by atoms with Gasteiger partial charge in [0.15, 0.2) is 0 Å². The van der Waals surface area contributed by atoms with Crippen molar-refractivity contribution in [1.29, 1.82) is 5.26 Å². The Morgan fingerprint density at radius 2 is 2.00 bits per heavy atom. The van der Waals surface area contributed by atoms with Crippen molar-refractivity contribution in [2.45, 2.75) is 18.4 Å². The molecule has 0 aromatic heterocycles. The van der Waals surface area contributed by atoms with E-state index in [1.54, 1.807) is 0 Å². The van der Waals surface area contributed by atoms with Gasteiger partial charge >= 0.3 is 0 Å². The fourth-order valence-electron chi connectivity index (χ4n) is 2.56. The van der Waals surface area contributed by atoms with E-state index in [-0.39, 0.29) is 5.54 Å². The average Bonchev–Trinajstić information content (AvgIpc) is 2.31. The van der Waals surface area contributed by atoms with Crippen LogP contribution in [0.4, 0.5) is 0 Å². The van der Waals surface area contributed by atoms with Crippen molar-refractivity contribution >= 4 is 0 Å². The first-order chi connectivity index (χ1) is 7.27. The van der Waals surface area contributed by atoms with Gasteiger partial charge in [-0.05, 0) is 26.4 Å². The lowest BCUT2D eigenvalue weighted by Gasteiger charge is -2.45. The van der Waals surface area contributed by atoms with E-state index in [4.69, 9.17) is 0 Å². The van der Waals surface area contributed by atoms with E-state index < -0.39 is 0 Å². The number of rotatable bonds is 1. The van der Waals surface area contributed by atoms with Gasteiger partial charge in [-0.3, -0.25) is 4.90 Å². The fraction of sp³-hybridized carbons (Fsp3) is 0.909. The van der Waals surface area contributed by atoms with Crippen LogP contribution >= 0.6 is 0 Å². The molecular formula is C11H20N4. The first-order valence-electron chi connectivity index (χ1n) is 5.82. The first kappa shape index (κ1) is 10.9. The maximum absolute atomic E-state index is 9.41. The van der Waals surface area contributed by atoms with Crippen molar-refractivity contribution in [3.05, 3.63) is 0 Å². The summed E-state index contributed by atoms with van der Waals surface area (Å²) in [6.45, 7) is 6.15. The SMILES string of the molecule is CN1CCN(C2(C#N)CCCNC2)CC1. The molecule has 0 bridgehead atoms. The van der Waals surface area contributed by atoms with Gasteiger partial charge in [-0.15, -0.1) is 0 Å². The molecule has 0 amide bonds. The van der Waals surface area contributed by atoms with Crippen LogP contribution in [0, 0.1) is 11.3 Å². The second kappa shape index (κ2) is 4.48. The smallest absolute Gasteiger partial charge is 0.121 e. The van der Waals surface area contributed by atoms with Crippen LogP contribution in [-0.4, -0.2) is 61.7 Å². The van der Waals surface area contributed by atoms with Gasteiger partial charge in [-0.1, -0.05) is 0 Å². The Bertz CT molecular complexity index is 244. The molecule has 1 unspecified atom stereocenters. The quantitative estimate of drug-likeness (QED) is 0.652. The second-order valence-corrected chi connectivity index (χ2v) is 4.71. The number of hydrogen-bond donors (Lipinski definition) is 1. The Hall–Kier alpha value is -0.630. The van der Waals surface area contributed by atoms with Crippen LogP contribution in [0.1, 0.15) is 12.8 Å². The molecule has 2 rings (SSSR count). The average molecular weight is 208 g/mol. The summed E-state index contributed by atoms with van der Waals surface area (Å²) in [5.74, 6) is 0. The summed E-state index contributed by atoms with van der Waals surface area (Å²) in [5.41, 5.74) is -0.223. The van der Waals surface area contributed by atoms with Crippen molar-refractivity contribution in [3.8, 4) is 6.07 Å². The molecule has 4 nitrogen and oxygen atoms in total. The third kappa shape index (κ3) is 2.15. The summed E-state index contributed by atoms with van der Waals surface area (Å²) in [4.78, 5) is 4.71. The first-order valence-corrected chi connectivity index (χ1v) is 5.82. The van der Waals surface area contributed by atoms with Gasteiger partial charge in [0.25, 0.3) is 0 Å². The van der Waals surface area contributed by atoms with Crippen molar-refractivity contribution in [2.24, 2.45) is 0 Å². The number of likely N-dealkylation sites (N-methyl/N-ethyl adjacent to an activating group) is 1. The third-order valence-corrected chi connectivity index (χ3v) is 3.68. The Balaban J connectivity index is 2.03. The largest absolute Gasteiger partial charge is 0.314 e. The van der Waals surface area contributed by atoms with E-state index in [2.05, 4.69) is 28.2 Å². The molecule has 2 saturated heterocycles. The zero-order valence-electron chi connectivity index (χ0n) is 9.50. The summed E-state index contributed by atoms with van der Waals surface area (Å²) in [5, 5.41) is 12.8. The minimum Gasteiger partial charge on any atom is -0.314 e. The third-order valence-electron chi connectivity index (χ3n) is 3.68. The lowest BCUT2D eigenvalue weighted by Crippen LogP contribution is -2.61. The highest BCUT2D eigenvalue weighted by atomic mass is 15.3. The summed E-state index contributed by atoms with van der Waals surface area (Å²) in [6, 6.07) is 2.55. The Morgan fingerprint density at radius 1 is 1.27 bits per heavy atom. The van der Waals surface area contributed by atoms with Crippen LogP contribution < -0.4 is 5.32 Å². The van der Waals surface area contributed by atoms with Gasteiger partial charge in [0.05, 0.1) is 6.07 Å². The number of nitriles is 1. The molecule has 15 heavy (non-hydrogen) atoms. The Labute approximate surface area is 91.8 Å². The molecule has 2 aliphatic rings. The predicted molar refractivity (Wildman–Crippen MR) is 59.5 cm³/mol. The van der Waals surface area contributed by atoms with E-state index in [0.717, 1.165) is 52.1 Å². The van der Waals surface area contributed by atoms with Crippen LogP contribution in [0.5, 0.6) is 0 Å². The molecule has 1 atom stereocenters. The zero-order valence-corrected chi connectivity index (χ0v) is 9.50. The van der Waals surface area contributed by atoms with Gasteiger partial charge in [0, 0.05) is 32.7 Å². The Kier molecular flexibility index (Phi) is 3.25. The topological polar surface area (TPSA) is 42.3 Å². The van der Waals surface area contributed by atoms with Crippen molar-refractivity contribution in [3.63, 3.8) is 0 Å². The summed E-state index contributed by atoms with van der Waals surface area (Å²) in [6.07, 6.45) is 2.15. The van der Waals surface area contributed by atoms with Crippen LogP contribution in [0.2, 0.25) is 0 Å². The standard InChI is InChI=1S/C11H20N4/c1-14-5-7-15(8-6-14)11(9-12)3-2-4-13-10-11/h13H,2-8,10H2,1H3. The molecule has 2 aliphatic heterocycles. The highest BCUT2D eigenvalue weighted by Gasteiger charge is 2.39. The Morgan fingerprint density at radius 3 is 2.53 bits per heavy atom. The maximum atomic E-state index is 9.41. The minimum atomic E-state index is -0.223. The monoisotopic (exact) mass is 208 g/mol. The van der Waals surface area contributed by atoms with Gasteiger partial charge in [0.1, 0.15) is 5.54 Å². The molecule has 4 heteroatoms. The van der Waals surface area contributed by atoms with Crippen molar-refractivity contribution < 1.29 is 0 Å². The summed E-state index contributed by atoms with van der Waals surface area (Å²) in [7, 11) is 2.15. The normalized spacial score (nSPS) is 34.9. The highest BCUT2D eigenvalue weighted by Crippen LogP contribution is 2.24. The van der Waals surface area contributed by atoms with Gasteiger partial charge in [-0.25, -0.2) is 0 Å². The zero-order chi connectivity index (χ0) is 10.7. The lowest BCUT2D eigenvalue weighted by atomic mass is 9.89. The molecule has 0 aliphatic carbocycles. The highest BCUT2D eigenvalue weighted by molar-refractivity contribution is 5.12. The molecule has 0 aromatic rings. The summed E-state index contributed by atoms with van der Waals surface area (Å²) >= 11 is 0. The van der Waals surface area contributed by atoms with E-state index in [1.807, 2.05) is 0 Å². The minimum absolute atomic E-state index is 0.223. The molecule has 1 N–H and O–H groups in total. The molecule has 0 radical (unpaired) electrons. The number of nitrogens with zero attached hydrogens (tertiary/aromatic N) is 3. The van der Waals surface area contributed by atoms with Gasteiger partial charge < -0.3 is 10.2 Å². The number of hydrogen-bond acceptors (Lipinski definition) is 4. The van der Waals surface area contributed by atoms with Crippen LogP contribution in [0.3, 0.4) is 0 Å². The van der Waals surface area contributed by atoms with Gasteiger partial charge in [0.2, 0.25) is 0 Å². The molecular weight excluding hydrogens is 188 g/mol. The van der Waals surface area contributed by atoms with Crippen LogP contribution in [0.15, 0.2) is 0 Å². The van der Waals surface area contributed by atoms with Crippen molar-refractivity contribution in [1.82, 2.24) is 15.1 Å². The maximum Gasteiger partial charge on any atom is 0.121 e. The molecule has 0 aromatic carbocycles. The fourth-order valence-corrected chi connectivity index (χ4v) is 2.56. The number of piperazine rings is 1. The van der Waals surface area contributed by atoms with E-state index >= 15 is 0 Å². The van der Waals surface area contributed by atoms with E-state index in [1.165, 1.54) is 0 Å². The molecule has 2 fully saturated rings. The number of nitrogens with one attached hydrogen (secondary N) is 1. The van der Waals surface area contributed by atoms with E-state index in [9.17, 15) is 5.26 Å². The summed E-state index contributed by atoms with van der Waals surface area (Å²) < 4.78 is 0. The predicted octanol–water partition coefficient (Wildman–Crippen LogP) is -0.120. The van der Waals surface area contributed by atoms with Crippen molar-refractivity contribution in [2.75, 3.05) is 46.3 Å². The van der Waals surface area contributed by atoms with Crippen LogP contribution in [-0.2, 0) is 0 Å². The second-order valence-electron chi connectivity index (χ2n) is 4.71. The molecule has 84 valence electrons. The van der Waals surface area contributed by atoms with Crippen LogP contribution in [0.25, 0.3) is 0 Å². The molecule has 2 heterocycles. The van der Waals surface area contributed by atoms with Gasteiger partial charge in [-0.2, -0.15) is 5.26 Å². The lowest BCUT2D eigenvalue weighted by molar-refractivity contribution is 0.0578. The molecule has 0 spiro atoms. The number of piperidine rings is 1.